The minimum atomic E-state index is 0.640. The largest absolute Gasteiger partial charge is 0.327 e. The van der Waals surface area contributed by atoms with Crippen LogP contribution in [0.2, 0.25) is 0 Å². The summed E-state index contributed by atoms with van der Waals surface area (Å²) >= 11 is 3.46. The Morgan fingerprint density at radius 2 is 2.33 bits per heavy atom. The molecule has 0 aromatic carbocycles. The van der Waals surface area contributed by atoms with Crippen LogP contribution in [0.4, 0.5) is 0 Å². The number of pyridine rings is 1. The second kappa shape index (κ2) is 2.99. The molecule has 1 heterocycles. The number of hydrogen-bond donors (Lipinski definition) is 1. The normalized spacial score (nSPS) is 14.3. The molecule has 1 aliphatic rings. The van der Waals surface area contributed by atoms with Crippen molar-refractivity contribution in [1.29, 1.82) is 0 Å². The summed E-state index contributed by atoms with van der Waals surface area (Å²) in [4.78, 5) is 4.10. The zero-order valence-corrected chi connectivity index (χ0v) is 8.13. The maximum Gasteiger partial charge on any atom is 0.0434 e. The third-order valence-corrected chi connectivity index (χ3v) is 2.68. The highest BCUT2D eigenvalue weighted by Crippen LogP contribution is 2.29. The van der Waals surface area contributed by atoms with Crippen molar-refractivity contribution in [3.63, 3.8) is 0 Å². The Balaban J connectivity index is 2.48. The lowest BCUT2D eigenvalue weighted by Crippen LogP contribution is -2.02. The molecule has 0 unspecified atom stereocenters. The SMILES string of the molecule is NCC1=Cc2c(Br)cncc2C1. The first kappa shape index (κ1) is 7.95. The van der Waals surface area contributed by atoms with Crippen molar-refractivity contribution in [2.45, 2.75) is 6.42 Å². The fraction of sp³-hybridized carbons (Fsp3) is 0.222. The van der Waals surface area contributed by atoms with Crippen molar-refractivity contribution in [3.8, 4) is 0 Å². The minimum absolute atomic E-state index is 0.640. The van der Waals surface area contributed by atoms with E-state index in [0.717, 1.165) is 10.9 Å². The van der Waals surface area contributed by atoms with Gasteiger partial charge < -0.3 is 5.73 Å². The monoisotopic (exact) mass is 224 g/mol. The van der Waals surface area contributed by atoms with Gasteiger partial charge in [-0.25, -0.2) is 0 Å². The molecule has 0 saturated carbocycles. The summed E-state index contributed by atoms with van der Waals surface area (Å²) in [5, 5.41) is 0. The van der Waals surface area contributed by atoms with Crippen LogP contribution in [-0.4, -0.2) is 11.5 Å². The van der Waals surface area contributed by atoms with Crippen molar-refractivity contribution in [3.05, 3.63) is 33.6 Å². The van der Waals surface area contributed by atoms with E-state index >= 15 is 0 Å². The van der Waals surface area contributed by atoms with E-state index in [0.29, 0.717) is 6.54 Å². The lowest BCUT2D eigenvalue weighted by Gasteiger charge is -1.98. The average Bonchev–Trinajstić information content (AvgIpc) is 2.49. The van der Waals surface area contributed by atoms with Crippen molar-refractivity contribution in [1.82, 2.24) is 4.98 Å². The van der Waals surface area contributed by atoms with E-state index in [1.54, 1.807) is 0 Å². The van der Waals surface area contributed by atoms with E-state index in [1.165, 1.54) is 16.7 Å². The topological polar surface area (TPSA) is 38.9 Å². The fourth-order valence-electron chi connectivity index (χ4n) is 1.42. The maximum absolute atomic E-state index is 5.56. The van der Waals surface area contributed by atoms with Gasteiger partial charge in [-0.15, -0.1) is 0 Å². The number of aromatic nitrogens is 1. The second-order valence-corrected chi connectivity index (χ2v) is 3.73. The molecule has 0 fully saturated rings. The summed E-state index contributed by atoms with van der Waals surface area (Å²) in [5.41, 5.74) is 9.35. The quantitative estimate of drug-likeness (QED) is 0.790. The molecule has 1 aromatic heterocycles. The number of hydrogen-bond acceptors (Lipinski definition) is 2. The molecule has 2 nitrogen and oxygen atoms in total. The summed E-state index contributed by atoms with van der Waals surface area (Å²) in [6, 6.07) is 0. The fourth-order valence-corrected chi connectivity index (χ4v) is 1.91. The minimum Gasteiger partial charge on any atom is -0.327 e. The molecular formula is C9H9BrN2. The Bertz CT molecular complexity index is 344. The molecule has 0 atom stereocenters. The van der Waals surface area contributed by atoms with Crippen molar-refractivity contribution >= 4 is 22.0 Å². The first-order valence-electron chi connectivity index (χ1n) is 3.83. The van der Waals surface area contributed by atoms with Crippen molar-refractivity contribution in [2.75, 3.05) is 6.54 Å². The summed E-state index contributed by atoms with van der Waals surface area (Å²) in [6.07, 6.45) is 6.81. The van der Waals surface area contributed by atoms with Gasteiger partial charge >= 0.3 is 0 Å². The average molecular weight is 225 g/mol. The molecule has 0 spiro atoms. The molecule has 0 bridgehead atoms. The molecule has 0 aliphatic heterocycles. The first-order valence-corrected chi connectivity index (χ1v) is 4.62. The predicted octanol–water partition coefficient (Wildman–Crippen LogP) is 1.74. The van der Waals surface area contributed by atoms with Crippen molar-refractivity contribution in [2.24, 2.45) is 5.73 Å². The molecule has 0 saturated heterocycles. The number of halogens is 1. The summed E-state index contributed by atoms with van der Waals surface area (Å²) < 4.78 is 1.06. The van der Waals surface area contributed by atoms with Crippen LogP contribution in [0.25, 0.3) is 6.08 Å². The van der Waals surface area contributed by atoms with Crippen molar-refractivity contribution < 1.29 is 0 Å². The van der Waals surface area contributed by atoms with Crippen LogP contribution in [0.15, 0.2) is 22.4 Å². The highest BCUT2D eigenvalue weighted by molar-refractivity contribution is 9.10. The van der Waals surface area contributed by atoms with E-state index in [9.17, 15) is 0 Å². The molecule has 0 radical (unpaired) electrons. The van der Waals surface area contributed by atoms with Gasteiger partial charge in [0, 0.05) is 23.4 Å². The van der Waals surface area contributed by atoms with Crippen LogP contribution in [0.5, 0.6) is 0 Å². The summed E-state index contributed by atoms with van der Waals surface area (Å²) in [6.45, 7) is 0.640. The molecule has 2 rings (SSSR count). The van der Waals surface area contributed by atoms with Crippen LogP contribution in [-0.2, 0) is 6.42 Å². The van der Waals surface area contributed by atoms with Crippen LogP contribution < -0.4 is 5.73 Å². The lowest BCUT2D eigenvalue weighted by atomic mass is 10.2. The Morgan fingerprint density at radius 1 is 1.50 bits per heavy atom. The number of nitrogens with two attached hydrogens (primary N) is 1. The highest BCUT2D eigenvalue weighted by Gasteiger charge is 2.13. The zero-order valence-electron chi connectivity index (χ0n) is 6.55. The molecule has 3 heteroatoms. The van der Waals surface area contributed by atoms with Gasteiger partial charge in [0.05, 0.1) is 0 Å². The van der Waals surface area contributed by atoms with Crippen LogP contribution in [0, 0.1) is 0 Å². The van der Waals surface area contributed by atoms with Gasteiger partial charge in [0.1, 0.15) is 0 Å². The molecule has 1 aliphatic carbocycles. The zero-order chi connectivity index (χ0) is 8.55. The molecule has 62 valence electrons. The van der Waals surface area contributed by atoms with Gasteiger partial charge in [-0.2, -0.15) is 0 Å². The standard InChI is InChI=1S/C9H9BrN2/c10-9-5-12-4-7-1-6(3-11)2-8(7)9/h2,4-5H,1,3,11H2. The molecule has 1 aromatic rings. The first-order chi connectivity index (χ1) is 5.81. The van der Waals surface area contributed by atoms with Crippen LogP contribution in [0.3, 0.4) is 0 Å². The van der Waals surface area contributed by atoms with Gasteiger partial charge in [0.15, 0.2) is 0 Å². The van der Waals surface area contributed by atoms with E-state index in [2.05, 4.69) is 27.0 Å². The van der Waals surface area contributed by atoms with E-state index in [-0.39, 0.29) is 0 Å². The van der Waals surface area contributed by atoms with E-state index < -0.39 is 0 Å². The van der Waals surface area contributed by atoms with Gasteiger partial charge in [-0.05, 0) is 33.5 Å². The number of fused-ring (bicyclic) bond motifs is 1. The maximum atomic E-state index is 5.56. The number of rotatable bonds is 1. The Hall–Kier alpha value is -0.670. The highest BCUT2D eigenvalue weighted by atomic mass is 79.9. The van der Waals surface area contributed by atoms with Gasteiger partial charge in [0.2, 0.25) is 0 Å². The summed E-state index contributed by atoms with van der Waals surface area (Å²) in [7, 11) is 0. The Morgan fingerprint density at radius 3 is 3.00 bits per heavy atom. The van der Waals surface area contributed by atoms with Crippen LogP contribution in [0.1, 0.15) is 11.1 Å². The smallest absolute Gasteiger partial charge is 0.0434 e. The molecular weight excluding hydrogens is 216 g/mol. The second-order valence-electron chi connectivity index (χ2n) is 2.88. The van der Waals surface area contributed by atoms with Gasteiger partial charge in [0.25, 0.3) is 0 Å². The van der Waals surface area contributed by atoms with E-state index in [4.69, 9.17) is 5.73 Å². The Kier molecular flexibility index (Phi) is 1.98. The van der Waals surface area contributed by atoms with Gasteiger partial charge in [-0.3, -0.25) is 4.98 Å². The Labute approximate surface area is 79.6 Å². The predicted molar refractivity (Wildman–Crippen MR) is 52.7 cm³/mol. The third-order valence-electron chi connectivity index (χ3n) is 2.05. The third kappa shape index (κ3) is 1.19. The van der Waals surface area contributed by atoms with E-state index in [1.807, 2.05) is 12.4 Å². The summed E-state index contributed by atoms with van der Waals surface area (Å²) in [5.74, 6) is 0. The molecule has 12 heavy (non-hydrogen) atoms. The van der Waals surface area contributed by atoms with Gasteiger partial charge in [-0.1, -0.05) is 11.6 Å². The molecule has 2 N–H and O–H groups in total. The van der Waals surface area contributed by atoms with Crippen LogP contribution >= 0.6 is 15.9 Å². The number of nitrogens with zero attached hydrogens (tertiary/aromatic N) is 1. The molecule has 0 amide bonds. The lowest BCUT2D eigenvalue weighted by molar-refractivity contribution is 1.06.